The highest BCUT2D eigenvalue weighted by Crippen LogP contribution is 2.23. The molecule has 0 aliphatic rings. The molecule has 3 rings (SSSR count). The minimum atomic E-state index is -0.0501. The molecule has 0 fully saturated rings. The summed E-state index contributed by atoms with van der Waals surface area (Å²) in [6.07, 6.45) is 0.760. The Morgan fingerprint density at radius 2 is 1.83 bits per heavy atom. The van der Waals surface area contributed by atoms with Crippen LogP contribution >= 0.6 is 23.1 Å². The lowest BCUT2D eigenvalue weighted by Gasteiger charge is -2.08. The van der Waals surface area contributed by atoms with E-state index in [4.69, 9.17) is 16.3 Å². The maximum absolute atomic E-state index is 12.0. The van der Waals surface area contributed by atoms with Crippen molar-refractivity contribution in [2.45, 2.75) is 6.42 Å². The van der Waals surface area contributed by atoms with E-state index in [1.165, 1.54) is 11.5 Å². The number of halogens is 1. The summed E-state index contributed by atoms with van der Waals surface area (Å²) in [5.74, 6) is 0.679. The van der Waals surface area contributed by atoms with E-state index in [1.807, 2.05) is 48.5 Å². The number of aromatic nitrogens is 1. The fraction of sp³-hybridized carbons (Fsp3) is 0.167. The summed E-state index contributed by atoms with van der Waals surface area (Å²) in [5, 5.41) is 0.604. The van der Waals surface area contributed by atoms with E-state index in [2.05, 4.69) is 5.43 Å². The van der Waals surface area contributed by atoms with Gasteiger partial charge in [-0.25, -0.2) is 0 Å². The van der Waals surface area contributed by atoms with Crippen molar-refractivity contribution in [3.8, 4) is 16.2 Å². The van der Waals surface area contributed by atoms with E-state index >= 15 is 0 Å². The summed E-state index contributed by atoms with van der Waals surface area (Å²) in [5.41, 5.74) is 4.11. The van der Waals surface area contributed by atoms with Crippen molar-refractivity contribution < 1.29 is 4.74 Å². The molecular weight excluding hydrogens is 344 g/mol. The zero-order chi connectivity index (χ0) is 16.8. The van der Waals surface area contributed by atoms with Gasteiger partial charge in [0.15, 0.2) is 0 Å². The molecule has 2 aromatic carbocycles. The van der Waals surface area contributed by atoms with Crippen molar-refractivity contribution in [1.82, 2.24) is 4.07 Å². The first-order valence-corrected chi connectivity index (χ1v) is 8.79. The Balaban J connectivity index is 1.50. The molecule has 1 N–H and O–H groups in total. The second-order valence-electron chi connectivity index (χ2n) is 5.14. The summed E-state index contributed by atoms with van der Waals surface area (Å²) in [7, 11) is 0. The van der Waals surface area contributed by atoms with Gasteiger partial charge in [-0.1, -0.05) is 54.1 Å². The van der Waals surface area contributed by atoms with Gasteiger partial charge in [-0.3, -0.25) is 4.79 Å². The van der Waals surface area contributed by atoms with Crippen molar-refractivity contribution in [2.75, 3.05) is 18.6 Å². The molecule has 0 aliphatic carbocycles. The van der Waals surface area contributed by atoms with Gasteiger partial charge in [-0.05, 0) is 29.2 Å². The SMILES string of the molecule is O=c1cc(-c2ccccc2)sn1NCCCOc1ccccc1Cl. The number of hydrogen-bond acceptors (Lipinski definition) is 4. The van der Waals surface area contributed by atoms with Gasteiger partial charge in [-0.15, -0.1) is 0 Å². The Morgan fingerprint density at radius 3 is 2.62 bits per heavy atom. The van der Waals surface area contributed by atoms with E-state index in [-0.39, 0.29) is 5.56 Å². The second kappa shape index (κ2) is 8.04. The molecule has 1 heterocycles. The number of ether oxygens (including phenoxy) is 1. The molecule has 24 heavy (non-hydrogen) atoms. The lowest BCUT2D eigenvalue weighted by Crippen LogP contribution is -2.24. The standard InChI is InChI=1S/C18H17ClN2O2S/c19-15-9-4-5-10-16(15)23-12-6-11-20-21-18(22)13-17(24-21)14-7-2-1-3-8-14/h1-5,7-10,13,20H,6,11-12H2. The van der Waals surface area contributed by atoms with E-state index < -0.39 is 0 Å². The van der Waals surface area contributed by atoms with Crippen LogP contribution in [0.5, 0.6) is 5.75 Å². The highest BCUT2D eigenvalue weighted by molar-refractivity contribution is 7.10. The largest absolute Gasteiger partial charge is 0.492 e. The summed E-state index contributed by atoms with van der Waals surface area (Å²) in [6.45, 7) is 1.17. The van der Waals surface area contributed by atoms with Gasteiger partial charge in [0, 0.05) is 19.0 Å². The highest BCUT2D eigenvalue weighted by Gasteiger charge is 2.06. The smallest absolute Gasteiger partial charge is 0.280 e. The predicted octanol–water partition coefficient (Wildman–Crippen LogP) is 4.24. The first-order chi connectivity index (χ1) is 11.7. The third-order valence-electron chi connectivity index (χ3n) is 3.37. The maximum Gasteiger partial charge on any atom is 0.280 e. The van der Waals surface area contributed by atoms with Crippen LogP contribution in [0.1, 0.15) is 6.42 Å². The average Bonchev–Trinajstić information content (AvgIpc) is 2.98. The van der Waals surface area contributed by atoms with Gasteiger partial charge >= 0.3 is 0 Å². The van der Waals surface area contributed by atoms with Crippen LogP contribution in [0, 0.1) is 0 Å². The first-order valence-electron chi connectivity index (χ1n) is 7.64. The van der Waals surface area contributed by atoms with Crippen molar-refractivity contribution in [3.05, 3.63) is 76.0 Å². The van der Waals surface area contributed by atoms with Crippen LogP contribution < -0.4 is 15.7 Å². The van der Waals surface area contributed by atoms with Gasteiger partial charge in [0.1, 0.15) is 5.75 Å². The molecule has 0 saturated heterocycles. The van der Waals surface area contributed by atoms with Crippen LogP contribution in [0.3, 0.4) is 0 Å². The van der Waals surface area contributed by atoms with Crippen molar-refractivity contribution in [3.63, 3.8) is 0 Å². The lowest BCUT2D eigenvalue weighted by atomic mass is 10.2. The molecule has 0 aliphatic heterocycles. The molecule has 0 spiro atoms. The normalized spacial score (nSPS) is 10.5. The van der Waals surface area contributed by atoms with Gasteiger partial charge in [0.2, 0.25) is 0 Å². The van der Waals surface area contributed by atoms with E-state index in [0.29, 0.717) is 23.9 Å². The summed E-state index contributed by atoms with van der Waals surface area (Å²) >= 11 is 7.43. The maximum atomic E-state index is 12.0. The van der Waals surface area contributed by atoms with Crippen LogP contribution in [-0.2, 0) is 0 Å². The lowest BCUT2D eigenvalue weighted by molar-refractivity contribution is 0.314. The van der Waals surface area contributed by atoms with E-state index in [0.717, 1.165) is 16.9 Å². The second-order valence-corrected chi connectivity index (χ2v) is 6.53. The Kier molecular flexibility index (Phi) is 5.56. The summed E-state index contributed by atoms with van der Waals surface area (Å²) < 4.78 is 7.18. The number of para-hydroxylation sites is 1. The molecule has 0 saturated carbocycles. The summed E-state index contributed by atoms with van der Waals surface area (Å²) in [6, 6.07) is 18.9. The Hall–Kier alpha value is -2.24. The van der Waals surface area contributed by atoms with Gasteiger partial charge in [-0.2, -0.15) is 4.07 Å². The fourth-order valence-electron chi connectivity index (χ4n) is 2.19. The molecule has 124 valence electrons. The van der Waals surface area contributed by atoms with Gasteiger partial charge in [0.25, 0.3) is 5.56 Å². The third kappa shape index (κ3) is 4.19. The number of nitrogens with zero attached hydrogens (tertiary/aromatic N) is 1. The average molecular weight is 361 g/mol. The van der Waals surface area contributed by atoms with Crippen LogP contribution in [0.15, 0.2) is 65.5 Å². The molecule has 0 atom stereocenters. The molecule has 4 nitrogen and oxygen atoms in total. The fourth-order valence-corrected chi connectivity index (χ4v) is 3.27. The molecule has 0 bridgehead atoms. The van der Waals surface area contributed by atoms with Crippen LogP contribution in [0.25, 0.3) is 10.4 Å². The zero-order valence-corrected chi connectivity index (χ0v) is 14.5. The molecule has 0 amide bonds. The minimum Gasteiger partial charge on any atom is -0.492 e. The van der Waals surface area contributed by atoms with Crippen LogP contribution in [0.2, 0.25) is 5.02 Å². The van der Waals surface area contributed by atoms with Crippen molar-refractivity contribution in [2.24, 2.45) is 0 Å². The van der Waals surface area contributed by atoms with Gasteiger partial charge < -0.3 is 10.2 Å². The monoisotopic (exact) mass is 360 g/mol. The number of benzene rings is 2. The molecule has 0 radical (unpaired) electrons. The third-order valence-corrected chi connectivity index (χ3v) is 4.73. The summed E-state index contributed by atoms with van der Waals surface area (Å²) in [4.78, 5) is 13.0. The minimum absolute atomic E-state index is 0.0501. The Labute approximate surface area is 149 Å². The Morgan fingerprint density at radius 1 is 1.08 bits per heavy atom. The van der Waals surface area contributed by atoms with E-state index in [1.54, 1.807) is 16.2 Å². The molecule has 6 heteroatoms. The molecular formula is C18H17ClN2O2S. The molecule has 1 aromatic heterocycles. The van der Waals surface area contributed by atoms with Crippen LogP contribution in [-0.4, -0.2) is 17.2 Å². The van der Waals surface area contributed by atoms with Crippen molar-refractivity contribution in [1.29, 1.82) is 0 Å². The topological polar surface area (TPSA) is 43.3 Å². The number of hydrogen-bond donors (Lipinski definition) is 1. The first kappa shape index (κ1) is 16.6. The molecule has 0 unspecified atom stereocenters. The predicted molar refractivity (Wildman–Crippen MR) is 99.8 cm³/mol. The zero-order valence-electron chi connectivity index (χ0n) is 12.9. The molecule has 3 aromatic rings. The highest BCUT2D eigenvalue weighted by atomic mass is 35.5. The van der Waals surface area contributed by atoms with Crippen molar-refractivity contribution >= 4 is 23.1 Å². The number of rotatable bonds is 7. The quantitative estimate of drug-likeness (QED) is 0.641. The van der Waals surface area contributed by atoms with Gasteiger partial charge in [0.05, 0.1) is 16.5 Å². The number of nitrogens with one attached hydrogen (secondary N) is 1. The van der Waals surface area contributed by atoms with Crippen LogP contribution in [0.4, 0.5) is 0 Å². The Bertz CT molecular complexity index is 845. The van der Waals surface area contributed by atoms with E-state index in [9.17, 15) is 4.79 Å².